The summed E-state index contributed by atoms with van der Waals surface area (Å²) >= 11 is 0. The van der Waals surface area contributed by atoms with Crippen LogP contribution in [0.1, 0.15) is 38.1 Å². The number of amides is 1. The lowest BCUT2D eigenvalue weighted by Crippen LogP contribution is -2.41. The highest BCUT2D eigenvalue weighted by atomic mass is 16.7. The van der Waals surface area contributed by atoms with E-state index in [2.05, 4.69) is 0 Å². The molecule has 1 amide bonds. The van der Waals surface area contributed by atoms with E-state index in [0.29, 0.717) is 16.7 Å². The van der Waals surface area contributed by atoms with Gasteiger partial charge in [-0.1, -0.05) is 0 Å². The Morgan fingerprint density at radius 3 is 2.11 bits per heavy atom. The molecule has 0 radical (unpaired) electrons. The summed E-state index contributed by atoms with van der Waals surface area (Å²) in [5, 5.41) is 0. The summed E-state index contributed by atoms with van der Waals surface area (Å²) in [4.78, 5) is 11.3. The molecule has 0 aromatic heterocycles. The molecule has 5 nitrogen and oxygen atoms in total. The van der Waals surface area contributed by atoms with Gasteiger partial charge in [-0.2, -0.15) is 0 Å². The number of anilines is 1. The van der Waals surface area contributed by atoms with Crippen molar-refractivity contribution >= 4 is 24.2 Å². The first-order valence-electron chi connectivity index (χ1n) is 6.18. The van der Waals surface area contributed by atoms with E-state index in [4.69, 9.17) is 20.8 Å². The first kappa shape index (κ1) is 13.9. The summed E-state index contributed by atoms with van der Waals surface area (Å²) < 4.78 is 11.8. The summed E-state index contributed by atoms with van der Waals surface area (Å²) in [6.45, 7) is 7.87. The Kier molecular flexibility index (Phi) is 3.11. The molecule has 1 aromatic rings. The number of nitrogen functional groups attached to an aromatic ring is 1. The van der Waals surface area contributed by atoms with Crippen molar-refractivity contribution in [2.24, 2.45) is 5.73 Å². The van der Waals surface area contributed by atoms with Crippen molar-refractivity contribution in [3.63, 3.8) is 0 Å². The van der Waals surface area contributed by atoms with E-state index in [9.17, 15) is 4.79 Å². The van der Waals surface area contributed by atoms with Gasteiger partial charge in [0.2, 0.25) is 5.91 Å². The van der Waals surface area contributed by atoms with Gasteiger partial charge in [0, 0.05) is 11.3 Å². The number of primary amides is 1. The quantitative estimate of drug-likeness (QED) is 0.605. The largest absolute Gasteiger partial charge is 0.494 e. The minimum absolute atomic E-state index is 0.352. The molecule has 1 heterocycles. The van der Waals surface area contributed by atoms with E-state index < -0.39 is 24.2 Å². The van der Waals surface area contributed by atoms with E-state index in [1.54, 1.807) is 12.1 Å². The van der Waals surface area contributed by atoms with Crippen LogP contribution >= 0.6 is 0 Å². The van der Waals surface area contributed by atoms with Gasteiger partial charge in [-0.3, -0.25) is 4.79 Å². The molecule has 0 bridgehead atoms. The zero-order valence-corrected chi connectivity index (χ0v) is 11.7. The Balaban J connectivity index is 2.37. The van der Waals surface area contributed by atoms with Gasteiger partial charge in [-0.25, -0.2) is 0 Å². The summed E-state index contributed by atoms with van der Waals surface area (Å²) in [5.74, 6) is -0.523. The maximum atomic E-state index is 11.3. The van der Waals surface area contributed by atoms with Crippen molar-refractivity contribution in [3.05, 3.63) is 23.8 Å². The zero-order chi connectivity index (χ0) is 14.4. The fraction of sp³-hybridized carbons (Fsp3) is 0.462. The molecule has 1 aliphatic heterocycles. The van der Waals surface area contributed by atoms with E-state index in [-0.39, 0.29) is 0 Å². The molecule has 1 aliphatic rings. The molecule has 0 saturated carbocycles. The number of nitrogens with two attached hydrogens (primary N) is 2. The van der Waals surface area contributed by atoms with Crippen LogP contribution in [0.2, 0.25) is 0 Å². The summed E-state index contributed by atoms with van der Waals surface area (Å²) in [6, 6.07) is 4.92. The highest BCUT2D eigenvalue weighted by Gasteiger charge is 2.51. The molecule has 1 saturated heterocycles. The molecule has 2 rings (SSSR count). The molecule has 0 atom stereocenters. The highest BCUT2D eigenvalue weighted by molar-refractivity contribution is 6.62. The van der Waals surface area contributed by atoms with Crippen LogP contribution in [-0.4, -0.2) is 24.2 Å². The number of rotatable bonds is 2. The molecule has 0 spiro atoms. The van der Waals surface area contributed by atoms with E-state index in [1.165, 1.54) is 6.07 Å². The topological polar surface area (TPSA) is 87.6 Å². The molecule has 1 aromatic carbocycles. The van der Waals surface area contributed by atoms with Gasteiger partial charge < -0.3 is 20.8 Å². The first-order valence-corrected chi connectivity index (χ1v) is 6.18. The maximum absolute atomic E-state index is 11.3. The summed E-state index contributed by atoms with van der Waals surface area (Å²) in [6.07, 6.45) is 0. The van der Waals surface area contributed by atoms with Crippen LogP contribution in [0.25, 0.3) is 0 Å². The predicted molar refractivity (Wildman–Crippen MR) is 75.1 cm³/mol. The molecule has 0 aliphatic carbocycles. The summed E-state index contributed by atoms with van der Waals surface area (Å²) in [7, 11) is -0.549. The summed E-state index contributed by atoms with van der Waals surface area (Å²) in [5.41, 5.74) is 11.7. The molecule has 4 N–H and O–H groups in total. The third-order valence-electron chi connectivity index (χ3n) is 3.79. The Morgan fingerprint density at radius 1 is 1.11 bits per heavy atom. The van der Waals surface area contributed by atoms with Crippen LogP contribution in [0.3, 0.4) is 0 Å². The molecular formula is C13H19BN2O3. The zero-order valence-electron chi connectivity index (χ0n) is 11.7. The lowest BCUT2D eigenvalue weighted by Gasteiger charge is -2.32. The van der Waals surface area contributed by atoms with Crippen LogP contribution in [0.15, 0.2) is 18.2 Å². The van der Waals surface area contributed by atoms with Crippen molar-refractivity contribution in [3.8, 4) is 0 Å². The second-order valence-corrected chi connectivity index (χ2v) is 5.84. The smallest absolute Gasteiger partial charge is 0.399 e. The lowest BCUT2D eigenvalue weighted by molar-refractivity contribution is 0.00578. The Bertz CT molecular complexity index is 513. The molecule has 1 fully saturated rings. The third kappa shape index (κ3) is 2.46. The second-order valence-electron chi connectivity index (χ2n) is 5.84. The van der Waals surface area contributed by atoms with Crippen LogP contribution in [-0.2, 0) is 9.31 Å². The average Bonchev–Trinajstić information content (AvgIpc) is 2.47. The molecule has 102 valence electrons. The van der Waals surface area contributed by atoms with E-state index in [0.717, 1.165) is 0 Å². The minimum atomic E-state index is -0.549. The molecule has 19 heavy (non-hydrogen) atoms. The van der Waals surface area contributed by atoms with Gasteiger partial charge in [0.25, 0.3) is 0 Å². The van der Waals surface area contributed by atoms with Crippen LogP contribution in [0.5, 0.6) is 0 Å². The normalized spacial score (nSPS) is 20.5. The van der Waals surface area contributed by atoms with Crippen molar-refractivity contribution in [1.82, 2.24) is 0 Å². The van der Waals surface area contributed by atoms with Gasteiger partial charge in [0.05, 0.1) is 11.2 Å². The van der Waals surface area contributed by atoms with Gasteiger partial charge >= 0.3 is 7.12 Å². The van der Waals surface area contributed by atoms with Crippen LogP contribution < -0.4 is 16.9 Å². The Hall–Kier alpha value is -1.53. The maximum Gasteiger partial charge on any atom is 0.494 e. The molecular weight excluding hydrogens is 243 g/mol. The predicted octanol–water partition coefficient (Wildman–Crippen LogP) is 0.667. The van der Waals surface area contributed by atoms with Crippen molar-refractivity contribution in [2.75, 3.05) is 5.73 Å². The van der Waals surface area contributed by atoms with Crippen LogP contribution in [0.4, 0.5) is 5.69 Å². The number of hydrogen-bond donors (Lipinski definition) is 2. The number of hydrogen-bond acceptors (Lipinski definition) is 4. The number of benzene rings is 1. The van der Waals surface area contributed by atoms with E-state index >= 15 is 0 Å². The Labute approximate surface area is 113 Å². The van der Waals surface area contributed by atoms with Crippen LogP contribution in [0, 0.1) is 0 Å². The van der Waals surface area contributed by atoms with Gasteiger partial charge in [-0.15, -0.1) is 0 Å². The highest BCUT2D eigenvalue weighted by Crippen LogP contribution is 2.36. The van der Waals surface area contributed by atoms with Crippen molar-refractivity contribution < 1.29 is 14.1 Å². The molecule has 6 heteroatoms. The fourth-order valence-electron chi connectivity index (χ4n) is 1.93. The van der Waals surface area contributed by atoms with Gasteiger partial charge in [0.1, 0.15) is 0 Å². The van der Waals surface area contributed by atoms with E-state index in [1.807, 2.05) is 27.7 Å². The van der Waals surface area contributed by atoms with Crippen molar-refractivity contribution in [2.45, 2.75) is 38.9 Å². The monoisotopic (exact) mass is 262 g/mol. The SMILES string of the molecule is CC1(C)OB(c2cc(N)cc(C(N)=O)c2)OC1(C)C. The van der Waals surface area contributed by atoms with Gasteiger partial charge in [-0.05, 0) is 51.4 Å². The first-order chi connectivity index (χ1) is 8.62. The fourth-order valence-corrected chi connectivity index (χ4v) is 1.93. The van der Waals surface area contributed by atoms with Crippen molar-refractivity contribution in [1.29, 1.82) is 0 Å². The number of carbonyl (C=O) groups is 1. The lowest BCUT2D eigenvalue weighted by atomic mass is 9.78. The van der Waals surface area contributed by atoms with Gasteiger partial charge in [0.15, 0.2) is 0 Å². The minimum Gasteiger partial charge on any atom is -0.399 e. The second kappa shape index (κ2) is 4.25. The third-order valence-corrected chi connectivity index (χ3v) is 3.79. The average molecular weight is 262 g/mol. The molecule has 0 unspecified atom stereocenters. The Morgan fingerprint density at radius 2 is 1.63 bits per heavy atom. The number of carbonyl (C=O) groups excluding carboxylic acids is 1. The standard InChI is InChI=1S/C13H19BN2O3/c1-12(2)13(3,4)19-14(18-12)9-5-8(11(16)17)6-10(15)7-9/h5-7H,15H2,1-4H3,(H2,16,17).